The summed E-state index contributed by atoms with van der Waals surface area (Å²) in [6.07, 6.45) is 1.79. The molecule has 0 aromatic heterocycles. The minimum atomic E-state index is -1.37. The van der Waals surface area contributed by atoms with Crippen molar-refractivity contribution in [3.63, 3.8) is 0 Å². The highest BCUT2D eigenvalue weighted by molar-refractivity contribution is 5.81. The van der Waals surface area contributed by atoms with E-state index in [1.54, 1.807) is 0 Å². The maximum atomic E-state index is 13.5. The van der Waals surface area contributed by atoms with Gasteiger partial charge in [0.2, 0.25) is 0 Å². The molecule has 0 aliphatic rings. The molecule has 0 spiro atoms. The predicted octanol–water partition coefficient (Wildman–Crippen LogP) is 3.85. The highest BCUT2D eigenvalue weighted by Gasteiger charge is 2.22. The average Bonchev–Trinajstić information content (AvgIpc) is 2.07. The molecule has 0 aromatic carbocycles. The fraction of sp³-hybridized carbons (Fsp3) is 0.929. The predicted molar refractivity (Wildman–Crippen MR) is 70.7 cm³/mol. The van der Waals surface area contributed by atoms with Gasteiger partial charge in [0.25, 0.3) is 5.91 Å². The van der Waals surface area contributed by atoms with Crippen molar-refractivity contribution in [2.75, 3.05) is 0 Å². The third-order valence-electron chi connectivity index (χ3n) is 2.42. The summed E-state index contributed by atoms with van der Waals surface area (Å²) in [5, 5.41) is 2.66. The van der Waals surface area contributed by atoms with E-state index in [4.69, 9.17) is 0 Å². The standard InChI is InChI=1S/C14H28FNO/c1-13(2,3)10-8-7-9-11(15)12(17)16-14(4,5)6/h11H,7-10H2,1-6H3,(H,16,17). The van der Waals surface area contributed by atoms with Gasteiger partial charge >= 0.3 is 0 Å². The van der Waals surface area contributed by atoms with Crippen molar-refractivity contribution >= 4 is 5.91 Å². The smallest absolute Gasteiger partial charge is 0.254 e. The fourth-order valence-electron chi connectivity index (χ4n) is 1.56. The first-order chi connectivity index (χ1) is 7.51. The van der Waals surface area contributed by atoms with E-state index in [1.165, 1.54) is 0 Å². The lowest BCUT2D eigenvalue weighted by Gasteiger charge is -2.22. The number of alkyl halides is 1. The van der Waals surface area contributed by atoms with E-state index in [0.29, 0.717) is 11.8 Å². The Labute approximate surface area is 105 Å². The van der Waals surface area contributed by atoms with Crippen molar-refractivity contribution in [2.45, 2.75) is 78.9 Å². The molecule has 1 N–H and O–H groups in total. The first kappa shape index (κ1) is 16.4. The van der Waals surface area contributed by atoms with Crippen LogP contribution < -0.4 is 5.32 Å². The molecular formula is C14H28FNO. The molecule has 0 rings (SSSR count). The number of amides is 1. The van der Waals surface area contributed by atoms with Crippen molar-refractivity contribution in [3.8, 4) is 0 Å². The second-order valence-corrected chi connectivity index (χ2v) is 7.01. The minimum absolute atomic E-state index is 0.291. The van der Waals surface area contributed by atoms with Gasteiger partial charge in [-0.3, -0.25) is 4.79 Å². The number of nitrogens with one attached hydrogen (secondary N) is 1. The average molecular weight is 245 g/mol. The van der Waals surface area contributed by atoms with Gasteiger partial charge in [-0.15, -0.1) is 0 Å². The Morgan fingerprint density at radius 1 is 1.12 bits per heavy atom. The molecule has 1 amide bonds. The van der Waals surface area contributed by atoms with Crippen molar-refractivity contribution in [3.05, 3.63) is 0 Å². The zero-order valence-corrected chi connectivity index (χ0v) is 12.2. The molecule has 2 nitrogen and oxygen atoms in total. The molecule has 3 heteroatoms. The second-order valence-electron chi connectivity index (χ2n) is 7.01. The molecular weight excluding hydrogens is 217 g/mol. The van der Waals surface area contributed by atoms with Crippen LogP contribution in [0.3, 0.4) is 0 Å². The first-order valence-electron chi connectivity index (χ1n) is 6.47. The van der Waals surface area contributed by atoms with Gasteiger partial charge < -0.3 is 5.32 Å². The van der Waals surface area contributed by atoms with Crippen molar-refractivity contribution in [1.82, 2.24) is 5.32 Å². The van der Waals surface area contributed by atoms with Gasteiger partial charge in [-0.2, -0.15) is 0 Å². The van der Waals surface area contributed by atoms with Crippen LogP contribution in [0.25, 0.3) is 0 Å². The monoisotopic (exact) mass is 245 g/mol. The number of carbonyl (C=O) groups excluding carboxylic acids is 1. The number of rotatable bonds is 5. The van der Waals surface area contributed by atoms with E-state index in [0.717, 1.165) is 19.3 Å². The summed E-state index contributed by atoms with van der Waals surface area (Å²) >= 11 is 0. The van der Waals surface area contributed by atoms with Crippen LogP contribution in [0.5, 0.6) is 0 Å². The van der Waals surface area contributed by atoms with Crippen LogP contribution in [-0.4, -0.2) is 17.6 Å². The molecule has 0 heterocycles. The third kappa shape index (κ3) is 10.3. The van der Waals surface area contributed by atoms with Crippen LogP contribution in [-0.2, 0) is 4.79 Å². The van der Waals surface area contributed by atoms with Crippen LogP contribution in [0, 0.1) is 5.41 Å². The lowest BCUT2D eigenvalue weighted by Crippen LogP contribution is -2.44. The molecule has 0 aromatic rings. The number of unbranched alkanes of at least 4 members (excludes halogenated alkanes) is 1. The Hall–Kier alpha value is -0.600. The molecule has 0 aliphatic heterocycles. The van der Waals surface area contributed by atoms with Crippen LogP contribution in [0.2, 0.25) is 0 Å². The molecule has 0 saturated carbocycles. The number of halogens is 1. The summed E-state index contributed by atoms with van der Waals surface area (Å²) in [6.45, 7) is 12.1. The summed E-state index contributed by atoms with van der Waals surface area (Å²) in [4.78, 5) is 11.5. The number of carbonyl (C=O) groups is 1. The summed E-state index contributed by atoms with van der Waals surface area (Å²) in [5.74, 6) is -0.478. The summed E-state index contributed by atoms with van der Waals surface area (Å²) < 4.78 is 13.5. The van der Waals surface area contributed by atoms with Gasteiger partial charge in [0.05, 0.1) is 0 Å². The molecule has 0 bridgehead atoms. The van der Waals surface area contributed by atoms with Gasteiger partial charge in [-0.1, -0.05) is 27.2 Å². The van der Waals surface area contributed by atoms with Crippen molar-refractivity contribution in [2.24, 2.45) is 5.41 Å². The minimum Gasteiger partial charge on any atom is -0.349 e. The molecule has 0 aliphatic carbocycles. The Balaban J connectivity index is 3.80. The molecule has 0 saturated heterocycles. The second kappa shape index (κ2) is 6.36. The third-order valence-corrected chi connectivity index (χ3v) is 2.42. The van der Waals surface area contributed by atoms with Crippen LogP contribution in [0.4, 0.5) is 4.39 Å². The molecule has 0 fully saturated rings. The van der Waals surface area contributed by atoms with E-state index < -0.39 is 12.1 Å². The Morgan fingerprint density at radius 3 is 2.06 bits per heavy atom. The zero-order chi connectivity index (χ0) is 13.7. The van der Waals surface area contributed by atoms with Gasteiger partial charge in [0.1, 0.15) is 0 Å². The molecule has 102 valence electrons. The summed E-state index contributed by atoms with van der Waals surface area (Å²) in [5.41, 5.74) is -0.0632. The van der Waals surface area contributed by atoms with E-state index in [1.807, 2.05) is 20.8 Å². The van der Waals surface area contributed by atoms with E-state index in [-0.39, 0.29) is 5.54 Å². The Morgan fingerprint density at radius 2 is 1.65 bits per heavy atom. The van der Waals surface area contributed by atoms with E-state index in [2.05, 4.69) is 26.1 Å². The largest absolute Gasteiger partial charge is 0.349 e. The lowest BCUT2D eigenvalue weighted by molar-refractivity contribution is -0.127. The van der Waals surface area contributed by atoms with Crippen LogP contribution in [0.1, 0.15) is 67.2 Å². The Kier molecular flexibility index (Phi) is 6.14. The number of hydrogen-bond donors (Lipinski definition) is 1. The molecule has 0 radical (unpaired) electrons. The molecule has 1 atom stereocenters. The maximum Gasteiger partial charge on any atom is 0.254 e. The normalized spacial score (nSPS) is 14.5. The quantitative estimate of drug-likeness (QED) is 0.732. The van der Waals surface area contributed by atoms with Crippen molar-refractivity contribution < 1.29 is 9.18 Å². The van der Waals surface area contributed by atoms with Crippen LogP contribution >= 0.6 is 0 Å². The van der Waals surface area contributed by atoms with E-state index in [9.17, 15) is 9.18 Å². The van der Waals surface area contributed by atoms with Gasteiger partial charge in [-0.25, -0.2) is 4.39 Å². The number of hydrogen-bond acceptors (Lipinski definition) is 1. The fourth-order valence-corrected chi connectivity index (χ4v) is 1.56. The molecule has 17 heavy (non-hydrogen) atoms. The van der Waals surface area contributed by atoms with Crippen LogP contribution in [0.15, 0.2) is 0 Å². The first-order valence-corrected chi connectivity index (χ1v) is 6.47. The highest BCUT2D eigenvalue weighted by atomic mass is 19.1. The van der Waals surface area contributed by atoms with Gasteiger partial charge in [0, 0.05) is 5.54 Å². The van der Waals surface area contributed by atoms with E-state index >= 15 is 0 Å². The SMILES string of the molecule is CC(C)(C)CCCCC(F)C(=O)NC(C)(C)C. The topological polar surface area (TPSA) is 29.1 Å². The molecule has 1 unspecified atom stereocenters. The lowest BCUT2D eigenvalue weighted by atomic mass is 9.89. The van der Waals surface area contributed by atoms with Gasteiger partial charge in [0.15, 0.2) is 6.17 Å². The Bertz CT molecular complexity index is 238. The summed E-state index contributed by atoms with van der Waals surface area (Å²) in [7, 11) is 0. The summed E-state index contributed by atoms with van der Waals surface area (Å²) in [6, 6.07) is 0. The highest BCUT2D eigenvalue weighted by Crippen LogP contribution is 2.22. The maximum absolute atomic E-state index is 13.5. The van der Waals surface area contributed by atoms with Gasteiger partial charge in [-0.05, 0) is 45.4 Å². The van der Waals surface area contributed by atoms with Crippen molar-refractivity contribution in [1.29, 1.82) is 0 Å². The zero-order valence-electron chi connectivity index (χ0n) is 12.2.